The Bertz CT molecular complexity index is 973. The number of nitrogens with zero attached hydrogens (tertiary/aromatic N) is 5. The quantitative estimate of drug-likeness (QED) is 0.739. The van der Waals surface area contributed by atoms with E-state index in [1.807, 2.05) is 18.2 Å². The fourth-order valence-electron chi connectivity index (χ4n) is 4.17. The molecule has 1 aliphatic heterocycles. The predicted molar refractivity (Wildman–Crippen MR) is 106 cm³/mol. The highest BCUT2D eigenvalue weighted by Crippen LogP contribution is 2.47. The van der Waals surface area contributed by atoms with Crippen molar-refractivity contribution in [2.45, 2.75) is 31.1 Å². The molecule has 3 heterocycles. The van der Waals surface area contributed by atoms with Crippen LogP contribution in [0.5, 0.6) is 0 Å². The molecule has 0 bridgehead atoms. The fourth-order valence-corrected chi connectivity index (χ4v) is 4.17. The van der Waals surface area contributed by atoms with Crippen LogP contribution >= 0.6 is 0 Å². The van der Waals surface area contributed by atoms with Crippen molar-refractivity contribution in [3.8, 4) is 0 Å². The Morgan fingerprint density at radius 1 is 1.11 bits per heavy atom. The van der Waals surface area contributed by atoms with E-state index in [2.05, 4.69) is 49.8 Å². The first kappa shape index (κ1) is 17.2. The van der Waals surface area contributed by atoms with E-state index in [4.69, 9.17) is 0 Å². The molecule has 3 aromatic rings. The van der Waals surface area contributed by atoms with E-state index in [1.54, 1.807) is 10.8 Å². The smallest absolute Gasteiger partial charge is 0.223 e. The Morgan fingerprint density at radius 3 is 2.64 bits per heavy atom. The second kappa shape index (κ2) is 6.89. The molecule has 0 atom stereocenters. The summed E-state index contributed by atoms with van der Waals surface area (Å²) in [5, 5.41) is 15.6. The molecule has 7 nitrogen and oxygen atoms in total. The molecule has 2 aromatic heterocycles. The van der Waals surface area contributed by atoms with E-state index >= 15 is 0 Å². The maximum atomic E-state index is 12.7. The van der Waals surface area contributed by atoms with Gasteiger partial charge in [0.25, 0.3) is 0 Å². The summed E-state index contributed by atoms with van der Waals surface area (Å²) >= 11 is 0. The van der Waals surface area contributed by atoms with Gasteiger partial charge in [0, 0.05) is 31.0 Å². The van der Waals surface area contributed by atoms with Gasteiger partial charge < -0.3 is 10.2 Å². The molecule has 5 rings (SSSR count). The lowest BCUT2D eigenvalue weighted by Crippen LogP contribution is -2.42. The highest BCUT2D eigenvalue weighted by atomic mass is 16.1. The zero-order valence-corrected chi connectivity index (χ0v) is 15.8. The zero-order valence-electron chi connectivity index (χ0n) is 15.8. The summed E-state index contributed by atoms with van der Waals surface area (Å²) in [6.45, 7) is 2.42. The number of carbonyl (C=O) groups excluding carboxylic acids is 1. The number of anilines is 1. The molecule has 28 heavy (non-hydrogen) atoms. The van der Waals surface area contributed by atoms with Crippen LogP contribution in [0, 0.1) is 5.92 Å². The number of hydrogen-bond acceptors (Lipinski definition) is 5. The third-order valence-electron chi connectivity index (χ3n) is 6.18. The van der Waals surface area contributed by atoms with Gasteiger partial charge in [-0.2, -0.15) is 4.52 Å². The second-order valence-corrected chi connectivity index (χ2v) is 7.95. The van der Waals surface area contributed by atoms with Crippen LogP contribution in [0.2, 0.25) is 0 Å². The van der Waals surface area contributed by atoms with E-state index in [-0.39, 0.29) is 17.2 Å². The number of nitrogens with one attached hydrogen (secondary N) is 1. The highest BCUT2D eigenvalue weighted by molar-refractivity contribution is 5.79. The van der Waals surface area contributed by atoms with Crippen molar-refractivity contribution in [2.24, 2.45) is 5.92 Å². The van der Waals surface area contributed by atoms with Crippen molar-refractivity contribution in [3.05, 3.63) is 54.4 Å². The molecule has 0 spiro atoms. The lowest BCUT2D eigenvalue weighted by Gasteiger charge is -2.32. The second-order valence-electron chi connectivity index (χ2n) is 7.95. The van der Waals surface area contributed by atoms with Gasteiger partial charge in [0.2, 0.25) is 5.91 Å². The van der Waals surface area contributed by atoms with Crippen molar-refractivity contribution in [1.29, 1.82) is 0 Å². The summed E-state index contributed by atoms with van der Waals surface area (Å²) < 4.78 is 1.69. The molecule has 144 valence electrons. The zero-order chi connectivity index (χ0) is 19.0. The number of amides is 1. The molecule has 0 radical (unpaired) electrons. The molecule has 1 saturated heterocycles. The number of benzene rings is 1. The Hall–Kier alpha value is -2.96. The maximum Gasteiger partial charge on any atom is 0.223 e. The van der Waals surface area contributed by atoms with Gasteiger partial charge >= 0.3 is 0 Å². The van der Waals surface area contributed by atoms with Crippen LogP contribution in [-0.2, 0) is 10.2 Å². The average Bonchev–Trinajstić information content (AvgIpc) is 3.41. The molecule has 1 aliphatic carbocycles. The predicted octanol–water partition coefficient (Wildman–Crippen LogP) is 2.19. The SMILES string of the molecule is O=C(NCC1(c2ccccc2)CC1)C1CCN(c2ccc3nncn3n2)CC1. The minimum atomic E-state index is 0.0847. The summed E-state index contributed by atoms with van der Waals surface area (Å²) in [6, 6.07) is 14.5. The third-order valence-corrected chi connectivity index (χ3v) is 6.18. The fraction of sp³-hybridized carbons (Fsp3) is 0.429. The summed E-state index contributed by atoms with van der Waals surface area (Å²) in [6.07, 6.45) is 5.64. The molecule has 1 amide bonds. The highest BCUT2D eigenvalue weighted by Gasteiger charge is 2.44. The monoisotopic (exact) mass is 376 g/mol. The standard InChI is InChI=1S/C21H24N6O/c28-20(22-14-21(10-11-21)17-4-2-1-3-5-17)16-8-12-26(13-9-16)19-7-6-18-24-23-15-27(18)25-19/h1-7,15-16H,8-14H2,(H,22,28). The third kappa shape index (κ3) is 3.21. The molecule has 7 heteroatoms. The van der Waals surface area contributed by atoms with Crippen LogP contribution in [0.25, 0.3) is 5.65 Å². The van der Waals surface area contributed by atoms with Crippen molar-refractivity contribution in [3.63, 3.8) is 0 Å². The number of carbonyl (C=O) groups is 1. The molecule has 1 aromatic carbocycles. The number of aromatic nitrogens is 4. The summed E-state index contributed by atoms with van der Waals surface area (Å²) in [5.74, 6) is 1.19. The van der Waals surface area contributed by atoms with Crippen LogP contribution in [-0.4, -0.2) is 45.4 Å². The Kier molecular flexibility index (Phi) is 4.22. The maximum absolute atomic E-state index is 12.7. The van der Waals surface area contributed by atoms with Crippen LogP contribution in [0.4, 0.5) is 5.82 Å². The summed E-state index contributed by atoms with van der Waals surface area (Å²) in [5.41, 5.74) is 2.25. The van der Waals surface area contributed by atoms with E-state index in [9.17, 15) is 4.79 Å². The molecular formula is C21H24N6O. The number of piperidine rings is 1. The van der Waals surface area contributed by atoms with Crippen molar-refractivity contribution >= 4 is 17.4 Å². The first-order valence-corrected chi connectivity index (χ1v) is 9.99. The number of rotatable bonds is 5. The first-order valence-electron chi connectivity index (χ1n) is 9.99. The van der Waals surface area contributed by atoms with Gasteiger partial charge in [-0.15, -0.1) is 15.3 Å². The molecule has 0 unspecified atom stereocenters. The van der Waals surface area contributed by atoms with Gasteiger partial charge in [0.05, 0.1) is 0 Å². The van der Waals surface area contributed by atoms with Gasteiger partial charge in [-0.25, -0.2) is 0 Å². The first-order chi connectivity index (χ1) is 13.7. The molecule has 2 fully saturated rings. The summed E-state index contributed by atoms with van der Waals surface area (Å²) in [4.78, 5) is 15.0. The molecular weight excluding hydrogens is 352 g/mol. The topological polar surface area (TPSA) is 75.4 Å². The molecule has 1 saturated carbocycles. The van der Waals surface area contributed by atoms with Crippen LogP contribution in [0.1, 0.15) is 31.2 Å². The minimum Gasteiger partial charge on any atom is -0.355 e. The van der Waals surface area contributed by atoms with Gasteiger partial charge in [0.15, 0.2) is 5.65 Å². The summed E-state index contributed by atoms with van der Waals surface area (Å²) in [7, 11) is 0. The van der Waals surface area contributed by atoms with Crippen molar-refractivity contribution in [1.82, 2.24) is 25.1 Å². The Balaban J connectivity index is 1.16. The average molecular weight is 376 g/mol. The van der Waals surface area contributed by atoms with E-state index < -0.39 is 0 Å². The van der Waals surface area contributed by atoms with Gasteiger partial charge in [0.1, 0.15) is 12.1 Å². The van der Waals surface area contributed by atoms with E-state index in [1.165, 1.54) is 5.56 Å². The molecule has 2 aliphatic rings. The van der Waals surface area contributed by atoms with E-state index in [0.29, 0.717) is 0 Å². The van der Waals surface area contributed by atoms with Gasteiger partial charge in [-0.1, -0.05) is 30.3 Å². The number of fused-ring (bicyclic) bond motifs is 1. The van der Waals surface area contributed by atoms with Crippen molar-refractivity contribution < 1.29 is 4.79 Å². The Morgan fingerprint density at radius 2 is 1.89 bits per heavy atom. The van der Waals surface area contributed by atoms with E-state index in [0.717, 1.165) is 56.8 Å². The van der Waals surface area contributed by atoms with Crippen LogP contribution in [0.15, 0.2) is 48.8 Å². The van der Waals surface area contributed by atoms with Crippen LogP contribution < -0.4 is 10.2 Å². The Labute approximate surface area is 163 Å². The van der Waals surface area contributed by atoms with Crippen LogP contribution in [0.3, 0.4) is 0 Å². The molecule has 1 N–H and O–H groups in total. The normalized spacial score (nSPS) is 18.9. The van der Waals surface area contributed by atoms with Gasteiger partial charge in [-0.3, -0.25) is 4.79 Å². The largest absolute Gasteiger partial charge is 0.355 e. The number of hydrogen-bond donors (Lipinski definition) is 1. The minimum absolute atomic E-state index is 0.0847. The lowest BCUT2D eigenvalue weighted by molar-refractivity contribution is -0.125. The van der Waals surface area contributed by atoms with Gasteiger partial charge in [-0.05, 0) is 43.4 Å². The van der Waals surface area contributed by atoms with Crippen molar-refractivity contribution in [2.75, 3.05) is 24.5 Å². The lowest BCUT2D eigenvalue weighted by atomic mass is 9.93.